The zero-order valence-corrected chi connectivity index (χ0v) is 10.8. The molecule has 84 valence electrons. The van der Waals surface area contributed by atoms with E-state index in [0.717, 1.165) is 33.4 Å². The molecule has 0 bridgehead atoms. The van der Waals surface area contributed by atoms with Crippen LogP contribution in [0.4, 0.5) is 5.82 Å². The van der Waals surface area contributed by atoms with Gasteiger partial charge in [-0.15, -0.1) is 0 Å². The third-order valence-electron chi connectivity index (χ3n) is 2.40. The maximum Gasteiger partial charge on any atom is 0.137 e. The van der Waals surface area contributed by atoms with Crippen LogP contribution in [0.1, 0.15) is 6.92 Å². The Balaban J connectivity index is 2.77. The van der Waals surface area contributed by atoms with Crippen LogP contribution in [0.2, 0.25) is 0 Å². The number of nitrogens with zero attached hydrogens (tertiary/aromatic N) is 1. The Bertz CT molecular complexity index is 514. The lowest BCUT2D eigenvalue weighted by Gasteiger charge is -2.11. The molecular formula is C12H13BrN2O. The number of anilines is 1. The minimum Gasteiger partial charge on any atom is -0.496 e. The standard InChI is InChI=1S/C12H13BrN2O/c1-3-14-12-11-8(6-7-15-12)9(13)4-5-10(11)16-2/h4-7H,3H2,1-2H3,(H,14,15). The molecule has 3 nitrogen and oxygen atoms in total. The lowest BCUT2D eigenvalue weighted by Crippen LogP contribution is -2.00. The maximum absolute atomic E-state index is 5.37. The van der Waals surface area contributed by atoms with Gasteiger partial charge >= 0.3 is 0 Å². The van der Waals surface area contributed by atoms with Crippen molar-refractivity contribution in [1.29, 1.82) is 0 Å². The number of rotatable bonds is 3. The minimum absolute atomic E-state index is 0.835. The van der Waals surface area contributed by atoms with Gasteiger partial charge in [-0.2, -0.15) is 0 Å². The van der Waals surface area contributed by atoms with Crippen molar-refractivity contribution >= 4 is 32.5 Å². The van der Waals surface area contributed by atoms with Crippen molar-refractivity contribution in [2.24, 2.45) is 0 Å². The van der Waals surface area contributed by atoms with E-state index in [1.165, 1.54) is 0 Å². The highest BCUT2D eigenvalue weighted by Gasteiger charge is 2.09. The molecule has 0 atom stereocenters. The van der Waals surface area contributed by atoms with Crippen LogP contribution in [-0.2, 0) is 0 Å². The van der Waals surface area contributed by atoms with Gasteiger partial charge in [-0.1, -0.05) is 15.9 Å². The molecule has 1 N–H and O–H groups in total. The van der Waals surface area contributed by atoms with Crippen molar-refractivity contribution in [3.8, 4) is 5.75 Å². The van der Waals surface area contributed by atoms with E-state index in [2.05, 4.69) is 26.2 Å². The number of ether oxygens (including phenoxy) is 1. The second-order valence-electron chi connectivity index (χ2n) is 3.36. The summed E-state index contributed by atoms with van der Waals surface area (Å²) in [5, 5.41) is 5.36. The number of fused-ring (bicyclic) bond motifs is 1. The molecule has 0 saturated heterocycles. The highest BCUT2D eigenvalue weighted by Crippen LogP contribution is 2.35. The molecule has 0 saturated carbocycles. The molecule has 2 aromatic rings. The van der Waals surface area contributed by atoms with Crippen LogP contribution in [0.15, 0.2) is 28.9 Å². The van der Waals surface area contributed by atoms with Crippen molar-refractivity contribution < 1.29 is 4.74 Å². The molecule has 0 fully saturated rings. The van der Waals surface area contributed by atoms with Crippen molar-refractivity contribution in [2.45, 2.75) is 6.92 Å². The van der Waals surface area contributed by atoms with Crippen molar-refractivity contribution in [2.75, 3.05) is 19.0 Å². The first kappa shape index (κ1) is 11.2. The summed E-state index contributed by atoms with van der Waals surface area (Å²) in [7, 11) is 1.67. The van der Waals surface area contributed by atoms with E-state index in [-0.39, 0.29) is 0 Å². The van der Waals surface area contributed by atoms with Gasteiger partial charge in [-0.25, -0.2) is 4.98 Å². The first-order chi connectivity index (χ1) is 7.77. The van der Waals surface area contributed by atoms with E-state index in [4.69, 9.17) is 4.74 Å². The fourth-order valence-corrected chi connectivity index (χ4v) is 2.17. The summed E-state index contributed by atoms with van der Waals surface area (Å²) < 4.78 is 6.41. The summed E-state index contributed by atoms with van der Waals surface area (Å²) in [4.78, 5) is 4.33. The Kier molecular flexibility index (Phi) is 3.29. The molecular weight excluding hydrogens is 268 g/mol. The number of methoxy groups -OCH3 is 1. The van der Waals surface area contributed by atoms with E-state index in [1.54, 1.807) is 13.3 Å². The predicted octanol–water partition coefficient (Wildman–Crippen LogP) is 3.44. The Morgan fingerprint density at radius 2 is 2.19 bits per heavy atom. The first-order valence-corrected chi connectivity index (χ1v) is 5.92. The Labute approximate surface area is 103 Å². The monoisotopic (exact) mass is 280 g/mol. The maximum atomic E-state index is 5.37. The Hall–Kier alpha value is -1.29. The lowest BCUT2D eigenvalue weighted by atomic mass is 10.1. The van der Waals surface area contributed by atoms with Crippen LogP contribution in [0, 0.1) is 0 Å². The Morgan fingerprint density at radius 1 is 1.38 bits per heavy atom. The number of halogens is 1. The first-order valence-electron chi connectivity index (χ1n) is 5.13. The zero-order chi connectivity index (χ0) is 11.5. The second-order valence-corrected chi connectivity index (χ2v) is 4.22. The van der Waals surface area contributed by atoms with Crippen LogP contribution in [0.25, 0.3) is 10.8 Å². The van der Waals surface area contributed by atoms with Gasteiger partial charge in [0.2, 0.25) is 0 Å². The van der Waals surface area contributed by atoms with Crippen molar-refractivity contribution in [1.82, 2.24) is 4.98 Å². The number of hydrogen-bond donors (Lipinski definition) is 1. The number of hydrogen-bond acceptors (Lipinski definition) is 3. The van der Waals surface area contributed by atoms with Gasteiger partial charge in [-0.05, 0) is 25.1 Å². The van der Waals surface area contributed by atoms with Gasteiger partial charge in [0.25, 0.3) is 0 Å². The molecule has 1 aromatic heterocycles. The smallest absolute Gasteiger partial charge is 0.137 e. The molecule has 2 rings (SSSR count). The van der Waals surface area contributed by atoms with Gasteiger partial charge in [-0.3, -0.25) is 0 Å². The number of pyridine rings is 1. The summed E-state index contributed by atoms with van der Waals surface area (Å²) >= 11 is 3.53. The van der Waals surface area contributed by atoms with E-state index in [1.807, 2.05) is 25.1 Å². The molecule has 0 spiro atoms. The van der Waals surface area contributed by atoms with E-state index >= 15 is 0 Å². The van der Waals surface area contributed by atoms with Crippen LogP contribution >= 0.6 is 15.9 Å². The molecule has 0 aliphatic rings. The van der Waals surface area contributed by atoms with Crippen LogP contribution in [-0.4, -0.2) is 18.6 Å². The fourth-order valence-electron chi connectivity index (χ4n) is 1.70. The van der Waals surface area contributed by atoms with E-state index in [9.17, 15) is 0 Å². The lowest BCUT2D eigenvalue weighted by molar-refractivity contribution is 0.420. The van der Waals surface area contributed by atoms with Crippen LogP contribution in [0.3, 0.4) is 0 Å². The van der Waals surface area contributed by atoms with Crippen molar-refractivity contribution in [3.05, 3.63) is 28.9 Å². The Morgan fingerprint density at radius 3 is 2.88 bits per heavy atom. The summed E-state index contributed by atoms with van der Waals surface area (Å²) in [6.07, 6.45) is 1.80. The average molecular weight is 281 g/mol. The van der Waals surface area contributed by atoms with E-state index < -0.39 is 0 Å². The molecule has 1 aromatic carbocycles. The highest BCUT2D eigenvalue weighted by molar-refractivity contribution is 9.10. The topological polar surface area (TPSA) is 34.2 Å². The molecule has 0 amide bonds. The van der Waals surface area contributed by atoms with Gasteiger partial charge in [0.1, 0.15) is 11.6 Å². The molecule has 0 unspecified atom stereocenters. The molecule has 1 heterocycles. The van der Waals surface area contributed by atoms with Gasteiger partial charge in [0.05, 0.1) is 12.5 Å². The number of benzene rings is 1. The number of nitrogens with one attached hydrogen (secondary N) is 1. The van der Waals surface area contributed by atoms with E-state index in [0.29, 0.717) is 0 Å². The minimum atomic E-state index is 0.835. The summed E-state index contributed by atoms with van der Waals surface area (Å²) in [5.74, 6) is 1.69. The normalized spacial score (nSPS) is 10.4. The largest absolute Gasteiger partial charge is 0.496 e. The fraction of sp³-hybridized carbons (Fsp3) is 0.250. The van der Waals surface area contributed by atoms with Crippen LogP contribution < -0.4 is 10.1 Å². The SMILES string of the molecule is CCNc1nccc2c(Br)ccc(OC)c12. The summed E-state index contributed by atoms with van der Waals surface area (Å²) in [6.45, 7) is 2.88. The molecule has 4 heteroatoms. The summed E-state index contributed by atoms with van der Waals surface area (Å²) in [6, 6.07) is 5.90. The zero-order valence-electron chi connectivity index (χ0n) is 9.25. The van der Waals surface area contributed by atoms with Crippen LogP contribution in [0.5, 0.6) is 5.75 Å². The third kappa shape index (κ3) is 1.85. The van der Waals surface area contributed by atoms with Gasteiger partial charge in [0, 0.05) is 22.6 Å². The highest BCUT2D eigenvalue weighted by atomic mass is 79.9. The van der Waals surface area contributed by atoms with Gasteiger partial charge < -0.3 is 10.1 Å². The molecule has 0 aliphatic heterocycles. The summed E-state index contributed by atoms with van der Waals surface area (Å²) in [5.41, 5.74) is 0. The number of aromatic nitrogens is 1. The molecule has 16 heavy (non-hydrogen) atoms. The molecule has 0 radical (unpaired) electrons. The predicted molar refractivity (Wildman–Crippen MR) is 70.2 cm³/mol. The molecule has 0 aliphatic carbocycles. The van der Waals surface area contributed by atoms with Crippen molar-refractivity contribution in [3.63, 3.8) is 0 Å². The second kappa shape index (κ2) is 4.70. The quantitative estimate of drug-likeness (QED) is 0.935. The average Bonchev–Trinajstić information content (AvgIpc) is 2.31. The van der Waals surface area contributed by atoms with Gasteiger partial charge in [0.15, 0.2) is 0 Å². The third-order valence-corrected chi connectivity index (χ3v) is 3.09.